The van der Waals surface area contributed by atoms with Crippen LogP contribution in [0.4, 0.5) is 11.6 Å². The third kappa shape index (κ3) is 2.85. The molecule has 0 aromatic carbocycles. The Kier molecular flexibility index (Phi) is 4.14. The third-order valence-electron chi connectivity index (χ3n) is 2.54. The first-order valence-corrected chi connectivity index (χ1v) is 6.38. The minimum absolute atomic E-state index is 0.0820. The smallest absolute Gasteiger partial charge is 0.332 e. The molecule has 0 saturated heterocycles. The molecule has 8 nitrogen and oxygen atoms in total. The Morgan fingerprint density at radius 2 is 2.30 bits per heavy atom. The van der Waals surface area contributed by atoms with Crippen LogP contribution in [0.15, 0.2) is 12.4 Å². The highest BCUT2D eigenvalue weighted by Gasteiger charge is 2.20. The SMILES string of the molecule is CCCNc1ncc([N+](=O)[O-])c(-n2cc(Cl)c(C)n2)n1. The molecule has 0 radical (unpaired) electrons. The second-order valence-corrected chi connectivity index (χ2v) is 4.50. The second-order valence-electron chi connectivity index (χ2n) is 4.09. The summed E-state index contributed by atoms with van der Waals surface area (Å²) in [6.45, 7) is 4.38. The maximum atomic E-state index is 11.0. The lowest BCUT2D eigenvalue weighted by atomic mass is 10.4. The van der Waals surface area contributed by atoms with Gasteiger partial charge < -0.3 is 5.32 Å². The van der Waals surface area contributed by atoms with Crippen LogP contribution in [0.2, 0.25) is 5.02 Å². The highest BCUT2D eigenvalue weighted by atomic mass is 35.5. The van der Waals surface area contributed by atoms with E-state index in [0.717, 1.165) is 12.6 Å². The molecule has 0 aliphatic rings. The van der Waals surface area contributed by atoms with Crippen LogP contribution in [0.5, 0.6) is 0 Å². The summed E-state index contributed by atoms with van der Waals surface area (Å²) in [6.07, 6.45) is 3.53. The molecule has 106 valence electrons. The lowest BCUT2D eigenvalue weighted by Crippen LogP contribution is -2.10. The monoisotopic (exact) mass is 296 g/mol. The molecular formula is C11H13ClN6O2. The number of anilines is 1. The fourth-order valence-corrected chi connectivity index (χ4v) is 1.66. The summed E-state index contributed by atoms with van der Waals surface area (Å²) in [6, 6.07) is 0. The van der Waals surface area contributed by atoms with Gasteiger partial charge >= 0.3 is 5.69 Å². The van der Waals surface area contributed by atoms with E-state index in [1.165, 1.54) is 10.9 Å². The van der Waals surface area contributed by atoms with E-state index in [4.69, 9.17) is 11.6 Å². The van der Waals surface area contributed by atoms with Gasteiger partial charge in [-0.2, -0.15) is 10.1 Å². The van der Waals surface area contributed by atoms with Crippen LogP contribution < -0.4 is 5.32 Å². The molecule has 1 N–H and O–H groups in total. The standard InChI is InChI=1S/C11H13ClN6O2/c1-3-4-13-11-14-5-9(18(19)20)10(15-11)17-6-8(12)7(2)16-17/h5-6H,3-4H2,1-2H3,(H,13,14,15). The molecule has 0 unspecified atom stereocenters. The van der Waals surface area contributed by atoms with Crippen LogP contribution in [0.1, 0.15) is 19.0 Å². The second kappa shape index (κ2) is 5.83. The van der Waals surface area contributed by atoms with Crippen molar-refractivity contribution in [3.8, 4) is 5.82 Å². The number of rotatable bonds is 5. The molecule has 0 saturated carbocycles. The topological polar surface area (TPSA) is 98.8 Å². The van der Waals surface area contributed by atoms with Gasteiger partial charge in [0, 0.05) is 6.54 Å². The molecule has 2 rings (SSSR count). The first kappa shape index (κ1) is 14.2. The molecular weight excluding hydrogens is 284 g/mol. The van der Waals surface area contributed by atoms with E-state index in [2.05, 4.69) is 20.4 Å². The maximum Gasteiger partial charge on any atom is 0.332 e. The predicted molar refractivity (Wildman–Crippen MR) is 74.3 cm³/mol. The molecule has 0 aliphatic heterocycles. The number of halogens is 1. The largest absolute Gasteiger partial charge is 0.354 e. The summed E-state index contributed by atoms with van der Waals surface area (Å²) in [5, 5.41) is 18.5. The van der Waals surface area contributed by atoms with Crippen molar-refractivity contribution in [2.45, 2.75) is 20.3 Å². The Morgan fingerprint density at radius 3 is 2.85 bits per heavy atom. The van der Waals surface area contributed by atoms with Gasteiger partial charge in [-0.15, -0.1) is 0 Å². The summed E-state index contributed by atoms with van der Waals surface area (Å²) in [5.41, 5.74) is 0.342. The zero-order chi connectivity index (χ0) is 14.7. The van der Waals surface area contributed by atoms with Gasteiger partial charge in [0.25, 0.3) is 0 Å². The summed E-state index contributed by atoms with van der Waals surface area (Å²) in [5.74, 6) is 0.398. The molecule has 0 aliphatic carbocycles. The minimum atomic E-state index is -0.552. The Morgan fingerprint density at radius 1 is 1.55 bits per heavy atom. The van der Waals surface area contributed by atoms with Gasteiger partial charge in [-0.25, -0.2) is 9.67 Å². The van der Waals surface area contributed by atoms with Gasteiger partial charge in [-0.05, 0) is 13.3 Å². The molecule has 0 spiro atoms. The van der Waals surface area contributed by atoms with E-state index in [-0.39, 0.29) is 11.5 Å². The van der Waals surface area contributed by atoms with Crippen molar-refractivity contribution < 1.29 is 4.92 Å². The number of hydrogen-bond donors (Lipinski definition) is 1. The van der Waals surface area contributed by atoms with Gasteiger partial charge in [0.15, 0.2) is 0 Å². The third-order valence-corrected chi connectivity index (χ3v) is 2.91. The lowest BCUT2D eigenvalue weighted by Gasteiger charge is -2.06. The van der Waals surface area contributed by atoms with E-state index in [0.29, 0.717) is 23.2 Å². The lowest BCUT2D eigenvalue weighted by molar-refractivity contribution is -0.385. The van der Waals surface area contributed by atoms with Crippen LogP contribution in [-0.2, 0) is 0 Å². The van der Waals surface area contributed by atoms with Gasteiger partial charge in [0.1, 0.15) is 6.20 Å². The van der Waals surface area contributed by atoms with Crippen LogP contribution in [-0.4, -0.2) is 31.2 Å². The summed E-state index contributed by atoms with van der Waals surface area (Å²) < 4.78 is 1.29. The Balaban J connectivity index is 2.49. The molecule has 20 heavy (non-hydrogen) atoms. The highest BCUT2D eigenvalue weighted by Crippen LogP contribution is 2.23. The van der Waals surface area contributed by atoms with Gasteiger partial charge in [0.2, 0.25) is 11.8 Å². The number of nitro groups is 1. The van der Waals surface area contributed by atoms with Crippen molar-refractivity contribution in [1.29, 1.82) is 0 Å². The van der Waals surface area contributed by atoms with E-state index in [9.17, 15) is 10.1 Å². The van der Waals surface area contributed by atoms with E-state index >= 15 is 0 Å². The number of nitrogens with zero attached hydrogens (tertiary/aromatic N) is 5. The molecule has 0 fully saturated rings. The number of hydrogen-bond acceptors (Lipinski definition) is 6. The van der Waals surface area contributed by atoms with Gasteiger partial charge in [-0.1, -0.05) is 18.5 Å². The molecule has 0 amide bonds. The van der Waals surface area contributed by atoms with Crippen molar-refractivity contribution in [2.24, 2.45) is 0 Å². The van der Waals surface area contributed by atoms with E-state index < -0.39 is 4.92 Å². The van der Waals surface area contributed by atoms with Crippen LogP contribution in [0.25, 0.3) is 5.82 Å². The number of nitrogens with one attached hydrogen (secondary N) is 1. The van der Waals surface area contributed by atoms with Crippen molar-refractivity contribution in [3.05, 3.63) is 33.2 Å². The van der Waals surface area contributed by atoms with Crippen molar-refractivity contribution in [2.75, 3.05) is 11.9 Å². The van der Waals surface area contributed by atoms with Crippen LogP contribution >= 0.6 is 11.6 Å². The van der Waals surface area contributed by atoms with Crippen molar-refractivity contribution in [3.63, 3.8) is 0 Å². The fourth-order valence-electron chi connectivity index (χ4n) is 1.53. The molecule has 2 aromatic heterocycles. The van der Waals surface area contributed by atoms with Crippen LogP contribution in [0, 0.1) is 17.0 Å². The molecule has 2 aromatic rings. The quantitative estimate of drug-likeness (QED) is 0.671. The van der Waals surface area contributed by atoms with Gasteiger partial charge in [0.05, 0.1) is 21.8 Å². The average molecular weight is 297 g/mol. The zero-order valence-corrected chi connectivity index (χ0v) is 11.8. The van der Waals surface area contributed by atoms with Gasteiger partial charge in [-0.3, -0.25) is 10.1 Å². The van der Waals surface area contributed by atoms with E-state index in [1.807, 2.05) is 6.92 Å². The molecule has 0 bridgehead atoms. The van der Waals surface area contributed by atoms with Crippen molar-refractivity contribution >= 4 is 23.2 Å². The minimum Gasteiger partial charge on any atom is -0.354 e. The maximum absolute atomic E-state index is 11.0. The number of aromatic nitrogens is 4. The Bertz CT molecular complexity index is 622. The Labute approximate surface area is 120 Å². The first-order valence-electron chi connectivity index (χ1n) is 6.00. The summed E-state index contributed by atoms with van der Waals surface area (Å²) >= 11 is 5.92. The number of aryl methyl sites for hydroxylation is 1. The predicted octanol–water partition coefficient (Wildman–Crippen LogP) is 2.35. The normalized spacial score (nSPS) is 10.6. The first-order chi connectivity index (χ1) is 9.52. The highest BCUT2D eigenvalue weighted by molar-refractivity contribution is 6.31. The summed E-state index contributed by atoms with van der Waals surface area (Å²) in [4.78, 5) is 18.5. The average Bonchev–Trinajstić information content (AvgIpc) is 2.76. The van der Waals surface area contributed by atoms with Crippen LogP contribution in [0.3, 0.4) is 0 Å². The molecule has 9 heteroatoms. The molecule has 2 heterocycles. The Hall–Kier alpha value is -2.22. The van der Waals surface area contributed by atoms with E-state index in [1.54, 1.807) is 6.92 Å². The zero-order valence-electron chi connectivity index (χ0n) is 11.0. The fraction of sp³-hybridized carbons (Fsp3) is 0.364. The molecule has 0 atom stereocenters. The van der Waals surface area contributed by atoms with Crippen molar-refractivity contribution in [1.82, 2.24) is 19.7 Å². The summed E-state index contributed by atoms with van der Waals surface area (Å²) in [7, 11) is 0.